The minimum Gasteiger partial charge on any atom is -0.370 e. The lowest BCUT2D eigenvalue weighted by atomic mass is 9.79. The van der Waals surface area contributed by atoms with E-state index in [1.165, 1.54) is 6.42 Å². The Balaban J connectivity index is 2.38. The number of aromatic nitrogens is 2. The summed E-state index contributed by atoms with van der Waals surface area (Å²) in [6.07, 6.45) is 3.21. The number of hydrogen-bond donors (Lipinski definition) is 1. The van der Waals surface area contributed by atoms with Crippen molar-refractivity contribution < 1.29 is 4.74 Å². The molecule has 1 heterocycles. The van der Waals surface area contributed by atoms with Gasteiger partial charge in [-0.05, 0) is 32.3 Å². The van der Waals surface area contributed by atoms with Gasteiger partial charge in [-0.25, -0.2) is 9.97 Å². The highest BCUT2D eigenvalue weighted by molar-refractivity contribution is 5.16. The first-order chi connectivity index (χ1) is 7.20. The molecular weight excluding hydrogens is 190 g/mol. The van der Waals surface area contributed by atoms with E-state index in [1.54, 1.807) is 7.11 Å². The average Bonchev–Trinajstić information content (AvgIpc) is 2.16. The zero-order valence-corrected chi connectivity index (χ0v) is 9.29. The van der Waals surface area contributed by atoms with Crippen LogP contribution in [0.3, 0.4) is 0 Å². The molecule has 2 N–H and O–H groups in total. The summed E-state index contributed by atoms with van der Waals surface area (Å²) in [5.41, 5.74) is 7.21. The van der Waals surface area contributed by atoms with Gasteiger partial charge in [-0.2, -0.15) is 0 Å². The summed E-state index contributed by atoms with van der Waals surface area (Å²) in [5.74, 6) is 0.803. The van der Waals surface area contributed by atoms with Crippen LogP contribution in [-0.2, 0) is 16.9 Å². The SMILES string of the molecule is COC1(c2nc(C)cc(CN)n2)CCC1. The molecule has 0 atom stereocenters. The first kappa shape index (κ1) is 10.5. The largest absolute Gasteiger partial charge is 0.370 e. The summed E-state index contributed by atoms with van der Waals surface area (Å²) < 4.78 is 5.55. The topological polar surface area (TPSA) is 61.0 Å². The summed E-state index contributed by atoms with van der Waals surface area (Å²) in [7, 11) is 1.73. The molecule has 4 heteroatoms. The predicted octanol–water partition coefficient (Wildman–Crippen LogP) is 1.27. The van der Waals surface area contributed by atoms with Crippen LogP contribution in [0, 0.1) is 6.92 Å². The van der Waals surface area contributed by atoms with Gasteiger partial charge in [0.15, 0.2) is 5.82 Å². The quantitative estimate of drug-likeness (QED) is 0.810. The smallest absolute Gasteiger partial charge is 0.160 e. The Hall–Kier alpha value is -1.00. The maximum absolute atomic E-state index is 5.60. The van der Waals surface area contributed by atoms with Crippen LogP contribution in [0.4, 0.5) is 0 Å². The Morgan fingerprint density at radius 1 is 1.47 bits per heavy atom. The zero-order chi connectivity index (χ0) is 10.9. The van der Waals surface area contributed by atoms with Crippen molar-refractivity contribution in [3.05, 3.63) is 23.3 Å². The predicted molar refractivity (Wildman–Crippen MR) is 57.2 cm³/mol. The minimum absolute atomic E-state index is 0.240. The van der Waals surface area contributed by atoms with Crippen LogP contribution in [0.25, 0.3) is 0 Å². The van der Waals surface area contributed by atoms with E-state index in [4.69, 9.17) is 10.5 Å². The fourth-order valence-corrected chi connectivity index (χ4v) is 1.96. The molecule has 4 nitrogen and oxygen atoms in total. The number of aryl methyl sites for hydroxylation is 1. The highest BCUT2D eigenvalue weighted by Gasteiger charge is 2.41. The number of rotatable bonds is 3. The molecule has 1 saturated carbocycles. The standard InChI is InChI=1S/C11H17N3O/c1-8-6-9(7-12)14-10(13-8)11(15-2)4-3-5-11/h6H,3-5,7,12H2,1-2H3. The second kappa shape index (κ2) is 3.87. The Morgan fingerprint density at radius 3 is 2.67 bits per heavy atom. The van der Waals surface area contributed by atoms with Crippen molar-refractivity contribution in [3.8, 4) is 0 Å². The molecule has 0 aliphatic heterocycles. The van der Waals surface area contributed by atoms with E-state index in [1.807, 2.05) is 13.0 Å². The molecule has 82 valence electrons. The Labute approximate surface area is 89.9 Å². The average molecular weight is 207 g/mol. The summed E-state index contributed by atoms with van der Waals surface area (Å²) in [5, 5.41) is 0. The van der Waals surface area contributed by atoms with Gasteiger partial charge >= 0.3 is 0 Å². The van der Waals surface area contributed by atoms with Crippen molar-refractivity contribution in [2.45, 2.75) is 38.3 Å². The van der Waals surface area contributed by atoms with E-state index in [9.17, 15) is 0 Å². The van der Waals surface area contributed by atoms with Crippen molar-refractivity contribution in [1.29, 1.82) is 0 Å². The van der Waals surface area contributed by atoms with Crippen molar-refractivity contribution in [2.24, 2.45) is 5.73 Å². The molecule has 0 aromatic carbocycles. The van der Waals surface area contributed by atoms with Crippen molar-refractivity contribution in [3.63, 3.8) is 0 Å². The van der Waals surface area contributed by atoms with Crippen LogP contribution in [0.1, 0.15) is 36.5 Å². The fraction of sp³-hybridized carbons (Fsp3) is 0.636. The third-order valence-corrected chi connectivity index (χ3v) is 3.08. The molecule has 0 radical (unpaired) electrons. The maximum Gasteiger partial charge on any atom is 0.160 e. The normalized spacial score (nSPS) is 18.6. The molecule has 0 spiro atoms. The number of hydrogen-bond acceptors (Lipinski definition) is 4. The molecule has 1 aromatic rings. The van der Waals surface area contributed by atoms with Gasteiger partial charge in [-0.1, -0.05) is 0 Å². The third kappa shape index (κ3) is 1.75. The van der Waals surface area contributed by atoms with Crippen molar-refractivity contribution in [1.82, 2.24) is 9.97 Å². The van der Waals surface area contributed by atoms with E-state index >= 15 is 0 Å². The molecule has 1 aliphatic carbocycles. The first-order valence-corrected chi connectivity index (χ1v) is 5.30. The molecule has 0 bridgehead atoms. The van der Waals surface area contributed by atoms with E-state index in [0.29, 0.717) is 6.54 Å². The van der Waals surface area contributed by atoms with Gasteiger partial charge in [0, 0.05) is 19.3 Å². The highest BCUT2D eigenvalue weighted by atomic mass is 16.5. The van der Waals surface area contributed by atoms with Gasteiger partial charge in [-0.15, -0.1) is 0 Å². The Bertz CT molecular complexity index is 355. The first-order valence-electron chi connectivity index (χ1n) is 5.30. The second-order valence-electron chi connectivity index (χ2n) is 4.08. The van der Waals surface area contributed by atoms with E-state index in [0.717, 1.165) is 30.1 Å². The fourth-order valence-electron chi connectivity index (χ4n) is 1.96. The van der Waals surface area contributed by atoms with Gasteiger partial charge in [0.25, 0.3) is 0 Å². The zero-order valence-electron chi connectivity index (χ0n) is 9.29. The lowest BCUT2D eigenvalue weighted by Gasteiger charge is -2.39. The van der Waals surface area contributed by atoms with Crippen molar-refractivity contribution in [2.75, 3.05) is 7.11 Å². The van der Waals surface area contributed by atoms with Crippen LogP contribution < -0.4 is 5.73 Å². The number of ether oxygens (including phenoxy) is 1. The molecule has 1 aliphatic rings. The number of methoxy groups -OCH3 is 1. The molecule has 15 heavy (non-hydrogen) atoms. The monoisotopic (exact) mass is 207 g/mol. The Kier molecular flexibility index (Phi) is 2.71. The Morgan fingerprint density at radius 2 is 2.20 bits per heavy atom. The van der Waals surface area contributed by atoms with E-state index in [2.05, 4.69) is 9.97 Å². The lowest BCUT2D eigenvalue weighted by molar-refractivity contribution is -0.0848. The van der Waals surface area contributed by atoms with Gasteiger partial charge < -0.3 is 10.5 Å². The van der Waals surface area contributed by atoms with Crippen LogP contribution in [0.15, 0.2) is 6.07 Å². The molecule has 2 rings (SSSR count). The van der Waals surface area contributed by atoms with Gasteiger partial charge in [0.05, 0.1) is 5.69 Å². The highest BCUT2D eigenvalue weighted by Crippen LogP contribution is 2.42. The van der Waals surface area contributed by atoms with E-state index < -0.39 is 0 Å². The minimum atomic E-state index is -0.240. The van der Waals surface area contributed by atoms with Gasteiger partial charge in [0.2, 0.25) is 0 Å². The molecular formula is C11H17N3O. The molecule has 0 unspecified atom stereocenters. The van der Waals surface area contributed by atoms with E-state index in [-0.39, 0.29) is 5.60 Å². The third-order valence-electron chi connectivity index (χ3n) is 3.08. The molecule has 0 saturated heterocycles. The van der Waals surface area contributed by atoms with Gasteiger partial charge in [0.1, 0.15) is 5.60 Å². The molecule has 1 fully saturated rings. The summed E-state index contributed by atoms with van der Waals surface area (Å²) >= 11 is 0. The second-order valence-corrected chi connectivity index (χ2v) is 4.08. The number of nitrogens with zero attached hydrogens (tertiary/aromatic N) is 2. The van der Waals surface area contributed by atoms with Crippen LogP contribution in [0.2, 0.25) is 0 Å². The van der Waals surface area contributed by atoms with Crippen LogP contribution >= 0.6 is 0 Å². The van der Waals surface area contributed by atoms with Crippen LogP contribution in [0.5, 0.6) is 0 Å². The molecule has 1 aromatic heterocycles. The summed E-state index contributed by atoms with van der Waals surface area (Å²) in [6, 6.07) is 1.92. The lowest BCUT2D eigenvalue weighted by Crippen LogP contribution is -2.38. The number of nitrogens with two attached hydrogens (primary N) is 1. The van der Waals surface area contributed by atoms with Crippen molar-refractivity contribution >= 4 is 0 Å². The molecule has 0 amide bonds. The van der Waals surface area contributed by atoms with Crippen LogP contribution in [-0.4, -0.2) is 17.1 Å². The summed E-state index contributed by atoms with van der Waals surface area (Å²) in [4.78, 5) is 8.91. The summed E-state index contributed by atoms with van der Waals surface area (Å²) in [6.45, 7) is 2.42. The maximum atomic E-state index is 5.60. The van der Waals surface area contributed by atoms with Gasteiger partial charge in [-0.3, -0.25) is 0 Å².